The summed E-state index contributed by atoms with van der Waals surface area (Å²) in [6.45, 7) is 0. The fourth-order valence-electron chi connectivity index (χ4n) is 0.0850. The smallest absolute Gasteiger partial charge is 0.144 e. The van der Waals surface area contributed by atoms with Gasteiger partial charge in [-0.25, -0.2) is 0 Å². The molecule has 0 spiro atoms. The lowest BCUT2D eigenvalue weighted by Gasteiger charge is -1.48. The van der Waals surface area contributed by atoms with Crippen LogP contribution in [0, 0.1) is 4.91 Å². The molecule has 1 aliphatic carbocycles. The molecule has 0 amide bonds. The van der Waals surface area contributed by atoms with Crippen molar-refractivity contribution in [2.75, 3.05) is 0 Å². The Labute approximate surface area is 28.8 Å². The molecule has 0 N–H and O–H groups in total. The first-order chi connectivity index (χ1) is 2.43. The average molecular weight is 67.0 g/mol. The van der Waals surface area contributed by atoms with Crippen LogP contribution in [0.3, 0.4) is 0 Å². The molecule has 0 unspecified atom stereocenters. The van der Waals surface area contributed by atoms with Crippen LogP contribution < -0.4 is 0 Å². The fraction of sp³-hybridized carbons (Fsp3) is 0. The number of nitroso groups, excluding NO2 is 1. The Morgan fingerprint density at radius 1 is 2.00 bits per heavy atom. The van der Waals surface area contributed by atoms with E-state index in [9.17, 15) is 4.91 Å². The lowest BCUT2D eigenvalue weighted by molar-refractivity contribution is 1.48. The quantitative estimate of drug-likeness (QED) is 0.329. The van der Waals surface area contributed by atoms with E-state index >= 15 is 0 Å². The molecule has 2 nitrogen and oxygen atoms in total. The summed E-state index contributed by atoms with van der Waals surface area (Å²) in [7, 11) is 0. The van der Waals surface area contributed by atoms with Gasteiger partial charge in [0.2, 0.25) is 0 Å². The molecule has 0 aromatic carbocycles. The van der Waals surface area contributed by atoms with E-state index in [-0.39, 0.29) is 0 Å². The Hall–Kier alpha value is -0.880. The van der Waals surface area contributed by atoms with E-state index in [1.165, 1.54) is 6.08 Å². The first-order valence-corrected chi connectivity index (χ1v) is 1.23. The highest BCUT2D eigenvalue weighted by Crippen LogP contribution is 2.04. The lowest BCUT2D eigenvalue weighted by Crippen LogP contribution is -1.38. The van der Waals surface area contributed by atoms with Crippen molar-refractivity contribution in [2.45, 2.75) is 0 Å². The van der Waals surface area contributed by atoms with Gasteiger partial charge in [-0.3, -0.25) is 0 Å². The van der Waals surface area contributed by atoms with Crippen molar-refractivity contribution >= 4 is 0 Å². The molecule has 1 aliphatic rings. The number of hydrogen-bond donors (Lipinski definition) is 0. The van der Waals surface area contributed by atoms with Gasteiger partial charge < -0.3 is 0 Å². The number of nitrogens with zero attached hydrogens (tertiary/aromatic N) is 1. The molecule has 0 aromatic heterocycles. The van der Waals surface area contributed by atoms with Gasteiger partial charge in [0, 0.05) is 6.08 Å². The highest BCUT2D eigenvalue weighted by Gasteiger charge is 1.93. The van der Waals surface area contributed by atoms with Crippen LogP contribution in [0.25, 0.3) is 0 Å². The summed E-state index contributed by atoms with van der Waals surface area (Å²) in [6, 6.07) is 0. The summed E-state index contributed by atoms with van der Waals surface area (Å²) >= 11 is 0. The topological polar surface area (TPSA) is 29.4 Å². The van der Waals surface area contributed by atoms with Crippen molar-refractivity contribution < 1.29 is 0 Å². The standard InChI is InChI=1S/C3HNO/c5-4-3-1-2-3/h1H. The van der Waals surface area contributed by atoms with Crippen molar-refractivity contribution in [3.63, 3.8) is 0 Å². The normalized spacial score (nSPS) is 14.0. The van der Waals surface area contributed by atoms with Crippen LogP contribution in [-0.4, -0.2) is 0 Å². The highest BCUT2D eigenvalue weighted by molar-refractivity contribution is 5.29. The Balaban J connectivity index is 2.58. The van der Waals surface area contributed by atoms with Gasteiger partial charge in [-0.15, -0.1) is 4.91 Å². The third kappa shape index (κ3) is 0.231. The van der Waals surface area contributed by atoms with Gasteiger partial charge in [-0.1, -0.05) is 5.73 Å². The van der Waals surface area contributed by atoms with Gasteiger partial charge in [-0.2, -0.15) is 0 Å². The Bertz CT molecular complexity index is 119. The maximum absolute atomic E-state index is 9.19. The zero-order chi connectivity index (χ0) is 3.70. The summed E-state index contributed by atoms with van der Waals surface area (Å²) in [6.07, 6.45) is 1.53. The maximum Gasteiger partial charge on any atom is 0.157 e. The zero-order valence-corrected chi connectivity index (χ0v) is 2.43. The average Bonchev–Trinajstić information content (AvgIpc) is 2.12. The van der Waals surface area contributed by atoms with Crippen LogP contribution in [-0.2, 0) is 0 Å². The Kier molecular flexibility index (Phi) is 0.253. The zero-order valence-electron chi connectivity index (χ0n) is 2.43. The summed E-state index contributed by atoms with van der Waals surface area (Å²) in [5, 5.41) is 2.50. The Morgan fingerprint density at radius 2 is 2.60 bits per heavy atom. The second kappa shape index (κ2) is 0.535. The highest BCUT2D eigenvalue weighted by atomic mass is 16.3. The van der Waals surface area contributed by atoms with Crippen molar-refractivity contribution in [1.82, 2.24) is 0 Å². The fourth-order valence-corrected chi connectivity index (χ4v) is 0.0850. The molecule has 1 rings (SSSR count). The minimum absolute atomic E-state index is 0.449. The number of hydrogen-bond acceptors (Lipinski definition) is 2. The van der Waals surface area contributed by atoms with E-state index < -0.39 is 0 Å². The molecule has 0 atom stereocenters. The van der Waals surface area contributed by atoms with Crippen LogP contribution >= 0.6 is 0 Å². The predicted molar refractivity (Wildman–Crippen MR) is 17.4 cm³/mol. The molecule has 0 aromatic rings. The van der Waals surface area contributed by atoms with E-state index in [0.717, 1.165) is 0 Å². The van der Waals surface area contributed by atoms with Crippen molar-refractivity contribution in [3.05, 3.63) is 22.4 Å². The monoisotopic (exact) mass is 67.0 g/mol. The molecule has 2 heteroatoms. The number of rotatable bonds is 1. The molecule has 24 valence electrons. The second-order valence-electron chi connectivity index (χ2n) is 0.765. The van der Waals surface area contributed by atoms with Gasteiger partial charge in [0.05, 0.1) is 0 Å². The third-order valence-corrected chi connectivity index (χ3v) is 0.372. The van der Waals surface area contributed by atoms with Crippen molar-refractivity contribution in [3.8, 4) is 0 Å². The minimum Gasteiger partial charge on any atom is -0.144 e. The molecule has 0 bridgehead atoms. The molecule has 0 radical (unpaired) electrons. The first-order valence-electron chi connectivity index (χ1n) is 1.23. The SMILES string of the molecule is O=NC1=C=C1. The lowest BCUT2D eigenvalue weighted by atomic mass is 10.8. The van der Waals surface area contributed by atoms with Gasteiger partial charge in [0.15, 0.2) is 5.70 Å². The molecular weight excluding hydrogens is 66.0 g/mol. The summed E-state index contributed by atoms with van der Waals surface area (Å²) in [4.78, 5) is 9.19. The van der Waals surface area contributed by atoms with Crippen LogP contribution in [0.5, 0.6) is 0 Å². The molecule has 0 saturated heterocycles. The predicted octanol–water partition coefficient (Wildman–Crippen LogP) is 0.805. The van der Waals surface area contributed by atoms with Crippen LogP contribution in [0.4, 0.5) is 0 Å². The molecule has 5 heavy (non-hydrogen) atoms. The largest absolute Gasteiger partial charge is 0.157 e. The van der Waals surface area contributed by atoms with Crippen LogP contribution in [0.2, 0.25) is 0 Å². The molecule has 0 aliphatic heterocycles. The molecule has 0 fully saturated rings. The van der Waals surface area contributed by atoms with Crippen LogP contribution in [0.1, 0.15) is 0 Å². The van der Waals surface area contributed by atoms with E-state index in [2.05, 4.69) is 10.9 Å². The third-order valence-electron chi connectivity index (χ3n) is 0.372. The second-order valence-corrected chi connectivity index (χ2v) is 0.765. The van der Waals surface area contributed by atoms with Crippen LogP contribution in [0.15, 0.2) is 22.7 Å². The first kappa shape index (κ1) is 2.36. The van der Waals surface area contributed by atoms with Crippen molar-refractivity contribution in [1.29, 1.82) is 0 Å². The minimum atomic E-state index is 0.449. The van der Waals surface area contributed by atoms with E-state index in [4.69, 9.17) is 0 Å². The van der Waals surface area contributed by atoms with Gasteiger partial charge in [0.25, 0.3) is 0 Å². The van der Waals surface area contributed by atoms with Gasteiger partial charge in [-0.05, 0) is 5.18 Å². The molecular formula is C3HNO. The van der Waals surface area contributed by atoms with E-state index in [0.29, 0.717) is 5.70 Å². The molecule has 0 saturated carbocycles. The summed E-state index contributed by atoms with van der Waals surface area (Å²) in [5.74, 6) is 0. The Morgan fingerprint density at radius 3 is 2.60 bits per heavy atom. The van der Waals surface area contributed by atoms with Gasteiger partial charge in [0.1, 0.15) is 0 Å². The summed E-state index contributed by atoms with van der Waals surface area (Å²) < 4.78 is 0. The molecule has 0 heterocycles. The maximum atomic E-state index is 9.19. The summed E-state index contributed by atoms with van der Waals surface area (Å²) in [5.41, 5.74) is 2.95. The van der Waals surface area contributed by atoms with E-state index in [1.807, 2.05) is 0 Å². The van der Waals surface area contributed by atoms with E-state index in [1.54, 1.807) is 0 Å². The van der Waals surface area contributed by atoms with Gasteiger partial charge >= 0.3 is 0 Å². The van der Waals surface area contributed by atoms with Crippen molar-refractivity contribution in [2.24, 2.45) is 5.18 Å².